The molecule has 2 atom stereocenters. The van der Waals surface area contributed by atoms with Crippen molar-refractivity contribution in [3.05, 3.63) is 59.7 Å². The van der Waals surface area contributed by atoms with Crippen molar-refractivity contribution in [3.63, 3.8) is 0 Å². The van der Waals surface area contributed by atoms with Gasteiger partial charge in [-0.2, -0.15) is 4.98 Å². The largest absolute Gasteiger partial charge is 0.493 e. The molecule has 3 aromatic rings. The molecule has 0 bridgehead atoms. The van der Waals surface area contributed by atoms with E-state index in [2.05, 4.69) is 21.9 Å². The van der Waals surface area contributed by atoms with E-state index in [0.29, 0.717) is 59.3 Å². The van der Waals surface area contributed by atoms with Gasteiger partial charge in [0.25, 0.3) is 5.91 Å². The number of fused-ring (bicyclic) bond motifs is 2. The number of rotatable bonds is 9. The molecular weight excluding hydrogens is 487 g/mol. The summed E-state index contributed by atoms with van der Waals surface area (Å²) in [6.07, 6.45) is 4.28. The Bertz CT molecular complexity index is 1350. The molecule has 0 radical (unpaired) electrons. The molecule has 9 heteroatoms. The molecular formula is C29H31FN4O4. The summed E-state index contributed by atoms with van der Waals surface area (Å²) in [5.74, 6) is 2.27. The molecule has 3 heterocycles. The minimum absolute atomic E-state index is 0.0172. The number of hydrogen-bond donors (Lipinski definition) is 0. The molecule has 5 rings (SSSR count). The number of unbranched alkanes of at least 4 members (excludes halogenated alkanes) is 1. The molecule has 2 aromatic carbocycles. The number of benzene rings is 2. The maximum atomic E-state index is 13.2. The summed E-state index contributed by atoms with van der Waals surface area (Å²) in [7, 11) is 1.57. The zero-order chi connectivity index (χ0) is 26.6. The number of aromatic nitrogens is 2. The van der Waals surface area contributed by atoms with Crippen LogP contribution in [0, 0.1) is 18.7 Å². The summed E-state index contributed by atoms with van der Waals surface area (Å²) in [5.41, 5.74) is 2.62. The second-order valence-electron chi connectivity index (χ2n) is 9.71. The molecule has 8 nitrogen and oxygen atoms in total. The highest BCUT2D eigenvalue weighted by atomic mass is 19.1. The topological polar surface area (TPSA) is 86.1 Å². The lowest BCUT2D eigenvalue weighted by Gasteiger charge is -2.20. The molecule has 1 saturated heterocycles. The molecule has 1 aromatic heterocycles. The Hall–Kier alpha value is -4.01. The fourth-order valence-electron chi connectivity index (χ4n) is 4.83. The molecule has 0 aliphatic carbocycles. The quantitative estimate of drug-likeness (QED) is 0.353. The summed E-state index contributed by atoms with van der Waals surface area (Å²) in [5, 5.41) is 0. The summed E-state index contributed by atoms with van der Waals surface area (Å²) >= 11 is 0. The Labute approximate surface area is 221 Å². The zero-order valence-corrected chi connectivity index (χ0v) is 21.8. The maximum Gasteiger partial charge on any atom is 0.256 e. The van der Waals surface area contributed by atoms with Gasteiger partial charge in [-0.15, -0.1) is 0 Å². The van der Waals surface area contributed by atoms with Gasteiger partial charge >= 0.3 is 0 Å². The van der Waals surface area contributed by atoms with Gasteiger partial charge in [-0.25, -0.2) is 9.37 Å². The fourth-order valence-corrected chi connectivity index (χ4v) is 4.83. The predicted octanol–water partition coefficient (Wildman–Crippen LogP) is 5.40. The van der Waals surface area contributed by atoms with Gasteiger partial charge in [0.1, 0.15) is 11.6 Å². The molecule has 38 heavy (non-hydrogen) atoms. The van der Waals surface area contributed by atoms with Gasteiger partial charge in [-0.1, -0.05) is 6.92 Å². The van der Waals surface area contributed by atoms with E-state index in [1.165, 1.54) is 12.1 Å². The third-order valence-electron chi connectivity index (χ3n) is 6.71. The van der Waals surface area contributed by atoms with Gasteiger partial charge in [0.2, 0.25) is 5.88 Å². The number of carbonyl (C=O) groups excluding carboxylic acids is 1. The Morgan fingerprint density at radius 3 is 2.55 bits per heavy atom. The first-order valence-corrected chi connectivity index (χ1v) is 12.9. The first-order valence-electron chi connectivity index (χ1n) is 12.9. The molecule has 0 saturated carbocycles. The maximum absolute atomic E-state index is 13.2. The van der Waals surface area contributed by atoms with Gasteiger partial charge < -0.3 is 19.1 Å². The highest BCUT2D eigenvalue weighted by Crippen LogP contribution is 2.38. The number of amides is 1. The summed E-state index contributed by atoms with van der Waals surface area (Å²) in [4.78, 5) is 28.4. The third-order valence-corrected chi connectivity index (χ3v) is 6.71. The lowest BCUT2D eigenvalue weighted by Crippen LogP contribution is -2.35. The Morgan fingerprint density at radius 1 is 1.03 bits per heavy atom. The van der Waals surface area contributed by atoms with E-state index in [9.17, 15) is 9.18 Å². The summed E-state index contributed by atoms with van der Waals surface area (Å²) < 4.78 is 30.6. The molecule has 1 unspecified atom stereocenters. The standard InChI is InChI=1S/C29H31FN4O4/c1-18-12-22-16-31-25-14-27(26(36-3)13-23(25)29(35)34(22)17-18)37-10-4-5-11-38-28-15-24(32-19(2)33-28)20-6-8-21(30)9-7-20/h6-9,13-16,18,22H,4-5,10-12,17H2,1-3H3/t18?,22-/m0/s1. The minimum atomic E-state index is -0.294. The van der Waals surface area contributed by atoms with E-state index in [1.54, 1.807) is 44.4 Å². The number of carbonyl (C=O) groups is 1. The fraction of sp³-hybridized carbons (Fsp3) is 0.379. The van der Waals surface area contributed by atoms with Crippen molar-refractivity contribution in [2.75, 3.05) is 26.9 Å². The number of aryl methyl sites for hydroxylation is 1. The highest BCUT2D eigenvalue weighted by molar-refractivity contribution is 6.03. The molecule has 1 amide bonds. The smallest absolute Gasteiger partial charge is 0.256 e. The molecule has 198 valence electrons. The van der Waals surface area contributed by atoms with Crippen molar-refractivity contribution in [3.8, 4) is 28.6 Å². The van der Waals surface area contributed by atoms with Crippen LogP contribution in [-0.4, -0.2) is 59.9 Å². The predicted molar refractivity (Wildman–Crippen MR) is 142 cm³/mol. The summed E-state index contributed by atoms with van der Waals surface area (Å²) in [6.45, 7) is 5.59. The van der Waals surface area contributed by atoms with Crippen molar-refractivity contribution < 1.29 is 23.4 Å². The molecule has 2 aliphatic heterocycles. The number of nitrogens with zero attached hydrogens (tertiary/aromatic N) is 4. The van der Waals surface area contributed by atoms with Crippen molar-refractivity contribution in [1.29, 1.82) is 0 Å². The highest BCUT2D eigenvalue weighted by Gasteiger charge is 2.35. The lowest BCUT2D eigenvalue weighted by molar-refractivity contribution is 0.0770. The molecule has 0 spiro atoms. The number of methoxy groups -OCH3 is 1. The van der Waals surface area contributed by atoms with E-state index in [1.807, 2.05) is 11.1 Å². The van der Waals surface area contributed by atoms with E-state index in [4.69, 9.17) is 14.2 Å². The van der Waals surface area contributed by atoms with Gasteiger partial charge in [-0.3, -0.25) is 9.79 Å². The van der Waals surface area contributed by atoms with Crippen LogP contribution in [0.5, 0.6) is 17.4 Å². The van der Waals surface area contributed by atoms with E-state index < -0.39 is 0 Å². The number of halogens is 1. The van der Waals surface area contributed by atoms with Gasteiger partial charge in [0, 0.05) is 30.5 Å². The van der Waals surface area contributed by atoms with Crippen LogP contribution in [0.25, 0.3) is 11.3 Å². The van der Waals surface area contributed by atoms with Gasteiger partial charge in [0.15, 0.2) is 11.5 Å². The molecule has 1 fully saturated rings. The number of hydrogen-bond acceptors (Lipinski definition) is 7. The Kier molecular flexibility index (Phi) is 7.53. The second kappa shape index (κ2) is 11.2. The number of ether oxygens (including phenoxy) is 3. The van der Waals surface area contributed by atoms with E-state index in [-0.39, 0.29) is 17.8 Å². The lowest BCUT2D eigenvalue weighted by atomic mass is 10.1. The first kappa shape index (κ1) is 25.6. The van der Waals surface area contributed by atoms with Crippen molar-refractivity contribution in [2.24, 2.45) is 10.9 Å². The van der Waals surface area contributed by atoms with Crippen molar-refractivity contribution in [1.82, 2.24) is 14.9 Å². The van der Waals surface area contributed by atoms with Crippen LogP contribution in [0.15, 0.2) is 47.5 Å². The Morgan fingerprint density at radius 2 is 1.79 bits per heavy atom. The van der Waals surface area contributed by atoms with Crippen LogP contribution >= 0.6 is 0 Å². The van der Waals surface area contributed by atoms with Crippen LogP contribution < -0.4 is 14.2 Å². The van der Waals surface area contributed by atoms with Crippen molar-refractivity contribution >= 4 is 17.8 Å². The normalized spacial score (nSPS) is 18.1. The van der Waals surface area contributed by atoms with Crippen LogP contribution in [-0.2, 0) is 0 Å². The van der Waals surface area contributed by atoms with Gasteiger partial charge in [0.05, 0.1) is 43.3 Å². The molecule has 2 aliphatic rings. The monoisotopic (exact) mass is 518 g/mol. The minimum Gasteiger partial charge on any atom is -0.493 e. The third kappa shape index (κ3) is 5.61. The van der Waals surface area contributed by atoms with E-state index in [0.717, 1.165) is 31.4 Å². The average Bonchev–Trinajstić information content (AvgIpc) is 3.24. The first-order chi connectivity index (χ1) is 18.4. The van der Waals surface area contributed by atoms with Crippen LogP contribution in [0.1, 0.15) is 42.4 Å². The van der Waals surface area contributed by atoms with Crippen LogP contribution in [0.2, 0.25) is 0 Å². The second-order valence-corrected chi connectivity index (χ2v) is 9.71. The number of aliphatic imine (C=N–C) groups is 1. The molecule has 0 N–H and O–H groups in total. The Balaban J connectivity index is 1.16. The van der Waals surface area contributed by atoms with Crippen LogP contribution in [0.4, 0.5) is 10.1 Å². The van der Waals surface area contributed by atoms with E-state index >= 15 is 0 Å². The average molecular weight is 519 g/mol. The summed E-state index contributed by atoms with van der Waals surface area (Å²) in [6, 6.07) is 11.5. The SMILES string of the molecule is COc1cc2c(cc1OCCCCOc1cc(-c3ccc(F)cc3)nc(C)n1)N=C[C@@H]1CC(C)CN1C2=O. The zero-order valence-electron chi connectivity index (χ0n) is 21.8. The van der Waals surface area contributed by atoms with Crippen LogP contribution in [0.3, 0.4) is 0 Å². The van der Waals surface area contributed by atoms with Crippen molar-refractivity contribution in [2.45, 2.75) is 39.2 Å². The van der Waals surface area contributed by atoms with Gasteiger partial charge in [-0.05, 0) is 62.4 Å².